The first-order chi connectivity index (χ1) is 17.9. The summed E-state index contributed by atoms with van der Waals surface area (Å²) in [6.07, 6.45) is -3.83. The Morgan fingerprint density at radius 2 is 1.27 bits per heavy atom. The maximum absolute atomic E-state index is 12.7. The van der Waals surface area contributed by atoms with Crippen molar-refractivity contribution in [1.29, 1.82) is 0 Å². The number of nitrogens with one attached hydrogen (secondary N) is 1. The van der Waals surface area contributed by atoms with Crippen LogP contribution in [0.3, 0.4) is 0 Å². The molecule has 0 saturated heterocycles. The van der Waals surface area contributed by atoms with E-state index in [-0.39, 0.29) is 6.04 Å². The van der Waals surface area contributed by atoms with E-state index in [0.29, 0.717) is 13.2 Å². The molecule has 0 spiro atoms. The molecular weight excluding hydrogens is 473 g/mol. The Labute approximate surface area is 215 Å². The summed E-state index contributed by atoms with van der Waals surface area (Å²) in [6, 6.07) is 36.6. The van der Waals surface area contributed by atoms with Crippen molar-refractivity contribution in [3.05, 3.63) is 131 Å². The monoisotopic (exact) mass is 502 g/mol. The van der Waals surface area contributed by atoms with Gasteiger partial charge in [-0.15, -0.1) is 0 Å². The van der Waals surface area contributed by atoms with Crippen molar-refractivity contribution in [1.82, 2.24) is 5.32 Å². The van der Waals surface area contributed by atoms with E-state index < -0.39 is 18.3 Å². The first-order valence-electron chi connectivity index (χ1n) is 12.4. The largest absolute Gasteiger partial charge is 0.471 e. The first kappa shape index (κ1) is 24.9. The topological polar surface area (TPSA) is 24.5 Å². The highest BCUT2D eigenvalue weighted by molar-refractivity contribution is 5.71. The second-order valence-corrected chi connectivity index (χ2v) is 9.38. The molecule has 3 nitrogen and oxygen atoms in total. The van der Waals surface area contributed by atoms with Crippen molar-refractivity contribution in [2.45, 2.75) is 31.1 Å². The van der Waals surface area contributed by atoms with Crippen LogP contribution in [-0.2, 0) is 12.0 Å². The van der Waals surface area contributed by atoms with E-state index in [2.05, 4.69) is 46.6 Å². The fourth-order valence-electron chi connectivity index (χ4n) is 5.28. The highest BCUT2D eigenvalue weighted by Gasteiger charge is 2.46. The van der Waals surface area contributed by atoms with Crippen LogP contribution in [0.5, 0.6) is 5.75 Å². The maximum atomic E-state index is 12.7. The van der Waals surface area contributed by atoms with Crippen molar-refractivity contribution in [3.63, 3.8) is 0 Å². The van der Waals surface area contributed by atoms with Crippen LogP contribution >= 0.6 is 0 Å². The zero-order valence-corrected chi connectivity index (χ0v) is 20.6. The number of nitrogens with zero attached hydrogens (tertiary/aromatic N) is 1. The van der Waals surface area contributed by atoms with E-state index >= 15 is 0 Å². The number of ether oxygens (including phenoxy) is 1. The van der Waals surface area contributed by atoms with Gasteiger partial charge in [-0.05, 0) is 41.7 Å². The highest BCUT2D eigenvalue weighted by atomic mass is 19.4. The number of halogens is 3. The van der Waals surface area contributed by atoms with Crippen LogP contribution in [0.4, 0.5) is 18.9 Å². The van der Waals surface area contributed by atoms with Gasteiger partial charge in [-0.3, -0.25) is 0 Å². The predicted octanol–water partition coefficient (Wildman–Crippen LogP) is 6.92. The van der Waals surface area contributed by atoms with Crippen LogP contribution < -0.4 is 15.0 Å². The minimum absolute atomic E-state index is 0.301. The molecule has 5 rings (SSSR count). The molecule has 4 aromatic rings. The number of para-hydroxylation sites is 1. The lowest BCUT2D eigenvalue weighted by Crippen LogP contribution is -2.48. The normalized spacial score (nSPS) is 14.2. The standard InChI is InChI=1S/C31H29F3N2O/c1-23(35-21-30(32,33)34)20-24-12-11-19-28-29(24)37-22-36(28)31(25-13-5-2-6-14-25,26-15-7-3-8-16-26)27-17-9-4-10-18-27/h2-19,23,35H,20-22H2,1H3/t23-/m1/s1. The molecule has 0 aliphatic carbocycles. The number of alkyl halides is 3. The lowest BCUT2D eigenvalue weighted by molar-refractivity contribution is -0.126. The molecule has 1 aliphatic rings. The Hall–Kier alpha value is -3.77. The molecule has 0 aromatic heterocycles. The van der Waals surface area contributed by atoms with Gasteiger partial charge in [0.15, 0.2) is 6.73 Å². The summed E-state index contributed by atoms with van der Waals surface area (Å²) >= 11 is 0. The molecule has 1 atom stereocenters. The number of hydrogen-bond acceptors (Lipinski definition) is 3. The van der Waals surface area contributed by atoms with Gasteiger partial charge in [0.25, 0.3) is 0 Å². The highest BCUT2D eigenvalue weighted by Crippen LogP contribution is 2.50. The van der Waals surface area contributed by atoms with E-state index in [1.54, 1.807) is 6.92 Å². The van der Waals surface area contributed by atoms with Gasteiger partial charge in [0.05, 0.1) is 12.2 Å². The van der Waals surface area contributed by atoms with Crippen molar-refractivity contribution in [2.24, 2.45) is 0 Å². The molecule has 1 N–H and O–H groups in total. The molecule has 0 radical (unpaired) electrons. The second kappa shape index (κ2) is 10.3. The smallest absolute Gasteiger partial charge is 0.401 e. The summed E-state index contributed by atoms with van der Waals surface area (Å²) in [4.78, 5) is 2.26. The van der Waals surface area contributed by atoms with Crippen molar-refractivity contribution >= 4 is 5.69 Å². The van der Waals surface area contributed by atoms with E-state index in [1.807, 2.05) is 72.8 Å². The molecule has 0 fully saturated rings. The first-order valence-corrected chi connectivity index (χ1v) is 12.4. The molecule has 0 amide bonds. The van der Waals surface area contributed by atoms with Crippen molar-refractivity contribution in [2.75, 3.05) is 18.2 Å². The lowest BCUT2D eigenvalue weighted by atomic mass is 9.75. The summed E-state index contributed by atoms with van der Waals surface area (Å²) in [5, 5.41) is 2.59. The van der Waals surface area contributed by atoms with Gasteiger partial charge in [-0.2, -0.15) is 13.2 Å². The maximum Gasteiger partial charge on any atom is 0.401 e. The third-order valence-corrected chi connectivity index (χ3v) is 6.86. The average molecular weight is 503 g/mol. The molecule has 190 valence electrons. The number of rotatable bonds is 8. The number of fused-ring (bicyclic) bond motifs is 1. The quantitative estimate of drug-likeness (QED) is 0.265. The second-order valence-electron chi connectivity index (χ2n) is 9.38. The van der Waals surface area contributed by atoms with E-state index in [1.165, 1.54) is 0 Å². The van der Waals surface area contributed by atoms with Gasteiger partial charge in [-0.25, -0.2) is 0 Å². The minimum atomic E-state index is -4.25. The minimum Gasteiger partial charge on any atom is -0.471 e. The Balaban J connectivity index is 1.63. The van der Waals surface area contributed by atoms with Crippen molar-refractivity contribution < 1.29 is 17.9 Å². The number of benzene rings is 4. The molecule has 1 heterocycles. The zero-order valence-electron chi connectivity index (χ0n) is 20.6. The molecule has 37 heavy (non-hydrogen) atoms. The molecule has 1 aliphatic heterocycles. The predicted molar refractivity (Wildman–Crippen MR) is 141 cm³/mol. The summed E-state index contributed by atoms with van der Waals surface area (Å²) in [6.45, 7) is 1.05. The van der Waals surface area contributed by atoms with Crippen LogP contribution in [-0.4, -0.2) is 25.5 Å². The summed E-state index contributed by atoms with van der Waals surface area (Å²) < 4.78 is 44.6. The van der Waals surface area contributed by atoms with E-state index in [0.717, 1.165) is 33.7 Å². The molecule has 4 aromatic carbocycles. The van der Waals surface area contributed by atoms with Gasteiger partial charge < -0.3 is 15.0 Å². The average Bonchev–Trinajstić information content (AvgIpc) is 3.35. The van der Waals surface area contributed by atoms with Gasteiger partial charge in [0, 0.05) is 6.04 Å². The summed E-state index contributed by atoms with van der Waals surface area (Å²) in [5.41, 5.74) is 4.38. The SMILES string of the molecule is C[C@H](Cc1cccc2c1OCN2C(c1ccccc1)(c1ccccc1)c1ccccc1)NCC(F)(F)F. The lowest BCUT2D eigenvalue weighted by Gasteiger charge is -2.44. The fourth-order valence-corrected chi connectivity index (χ4v) is 5.28. The molecule has 0 bridgehead atoms. The Morgan fingerprint density at radius 1 is 0.757 bits per heavy atom. The van der Waals surface area contributed by atoms with Crippen LogP contribution in [0, 0.1) is 0 Å². The van der Waals surface area contributed by atoms with Gasteiger partial charge in [-0.1, -0.05) is 103 Å². The van der Waals surface area contributed by atoms with Crippen molar-refractivity contribution in [3.8, 4) is 5.75 Å². The van der Waals surface area contributed by atoms with E-state index in [9.17, 15) is 13.2 Å². The van der Waals surface area contributed by atoms with Gasteiger partial charge in [0.1, 0.15) is 11.3 Å². The van der Waals surface area contributed by atoms with E-state index in [4.69, 9.17) is 4.74 Å². The zero-order chi connectivity index (χ0) is 25.9. The molecular formula is C31H29F3N2O. The Morgan fingerprint density at radius 3 is 1.76 bits per heavy atom. The summed E-state index contributed by atoms with van der Waals surface area (Å²) in [5.74, 6) is 0.718. The van der Waals surface area contributed by atoms with Gasteiger partial charge >= 0.3 is 6.18 Å². The number of hydrogen-bond donors (Lipinski definition) is 1. The third kappa shape index (κ3) is 4.94. The Bertz CT molecular complexity index is 1210. The molecule has 0 saturated carbocycles. The van der Waals surface area contributed by atoms with Crippen LogP contribution in [0.1, 0.15) is 29.2 Å². The summed E-state index contributed by atoms with van der Waals surface area (Å²) in [7, 11) is 0. The fraction of sp³-hybridized carbons (Fsp3) is 0.226. The van der Waals surface area contributed by atoms with Gasteiger partial charge in [0.2, 0.25) is 0 Å². The number of anilines is 1. The Kier molecular flexibility index (Phi) is 6.94. The molecule has 6 heteroatoms. The van der Waals surface area contributed by atoms with Crippen LogP contribution in [0.15, 0.2) is 109 Å². The van der Waals surface area contributed by atoms with Crippen LogP contribution in [0.25, 0.3) is 0 Å². The third-order valence-electron chi connectivity index (χ3n) is 6.86. The van der Waals surface area contributed by atoms with Crippen LogP contribution in [0.2, 0.25) is 0 Å². The molecule has 0 unspecified atom stereocenters.